The second kappa shape index (κ2) is 7.24. The topological polar surface area (TPSA) is 48.3 Å². The van der Waals surface area contributed by atoms with E-state index < -0.39 is 0 Å². The van der Waals surface area contributed by atoms with E-state index >= 15 is 0 Å². The molecule has 1 rings (SSSR count). The highest BCUT2D eigenvalue weighted by Gasteiger charge is 2.06. The lowest BCUT2D eigenvalue weighted by Gasteiger charge is -2.14. The number of aromatic nitrogens is 2. The number of anilines is 1. The van der Waals surface area contributed by atoms with E-state index in [0.29, 0.717) is 12.5 Å². The number of hydrogen-bond acceptors (Lipinski definition) is 4. The Morgan fingerprint density at radius 1 is 1.44 bits per heavy atom. The Bertz CT molecular complexity index is 289. The van der Waals surface area contributed by atoms with Crippen LogP contribution in [0.5, 0.6) is 0 Å². The third-order valence-corrected chi connectivity index (χ3v) is 2.26. The van der Waals surface area contributed by atoms with Gasteiger partial charge in [0.2, 0.25) is 5.95 Å². The summed E-state index contributed by atoms with van der Waals surface area (Å²) in [5.41, 5.74) is 0. The van der Waals surface area contributed by atoms with Gasteiger partial charge >= 0.3 is 0 Å². The number of ether oxygens (including phenoxy) is 2. The number of nitrogens with one attached hydrogen (secondary N) is 1. The van der Waals surface area contributed by atoms with Crippen LogP contribution in [0.2, 0.25) is 0 Å². The van der Waals surface area contributed by atoms with E-state index in [1.807, 2.05) is 6.20 Å². The summed E-state index contributed by atoms with van der Waals surface area (Å²) in [6.45, 7) is 5.27. The van der Waals surface area contributed by atoms with Gasteiger partial charge in [-0.2, -0.15) is 0 Å². The molecule has 1 atom stereocenters. The van der Waals surface area contributed by atoms with Crippen molar-refractivity contribution in [2.75, 3.05) is 39.3 Å². The van der Waals surface area contributed by atoms with Gasteiger partial charge < -0.3 is 19.4 Å². The van der Waals surface area contributed by atoms with Crippen molar-refractivity contribution in [1.82, 2.24) is 9.55 Å². The second-order valence-electron chi connectivity index (χ2n) is 3.88. The van der Waals surface area contributed by atoms with Crippen LogP contribution in [-0.2, 0) is 16.0 Å². The lowest BCUT2D eigenvalue weighted by atomic mass is 10.2. The van der Waals surface area contributed by atoms with Crippen molar-refractivity contribution in [3.63, 3.8) is 0 Å². The minimum absolute atomic E-state index is 0.474. The van der Waals surface area contributed by atoms with Gasteiger partial charge in [0.05, 0.1) is 13.2 Å². The maximum atomic E-state index is 5.12. The first-order valence-electron chi connectivity index (χ1n) is 5.50. The van der Waals surface area contributed by atoms with Crippen LogP contribution >= 0.6 is 0 Å². The summed E-state index contributed by atoms with van der Waals surface area (Å²) >= 11 is 0. The molecule has 1 aromatic heterocycles. The van der Waals surface area contributed by atoms with E-state index in [9.17, 15) is 0 Å². The monoisotopic (exact) mass is 227 g/mol. The molecule has 0 spiro atoms. The summed E-state index contributed by atoms with van der Waals surface area (Å²) < 4.78 is 12.2. The minimum atomic E-state index is 0.474. The van der Waals surface area contributed by atoms with Crippen molar-refractivity contribution in [1.29, 1.82) is 0 Å². The average molecular weight is 227 g/mol. The van der Waals surface area contributed by atoms with Crippen LogP contribution in [0.1, 0.15) is 6.92 Å². The number of imidazole rings is 1. The van der Waals surface area contributed by atoms with E-state index in [1.54, 1.807) is 20.4 Å². The summed E-state index contributed by atoms with van der Waals surface area (Å²) in [7, 11) is 3.41. The van der Waals surface area contributed by atoms with E-state index in [1.165, 1.54) is 0 Å². The smallest absolute Gasteiger partial charge is 0.202 e. The predicted octanol–water partition coefficient (Wildman–Crippen LogP) is 1.22. The van der Waals surface area contributed by atoms with Gasteiger partial charge in [-0.3, -0.25) is 0 Å². The van der Waals surface area contributed by atoms with Crippen molar-refractivity contribution in [2.24, 2.45) is 5.92 Å². The average Bonchev–Trinajstić information content (AvgIpc) is 2.66. The van der Waals surface area contributed by atoms with Gasteiger partial charge in [-0.25, -0.2) is 4.98 Å². The van der Waals surface area contributed by atoms with Gasteiger partial charge in [0.15, 0.2) is 0 Å². The molecule has 0 radical (unpaired) electrons. The summed E-state index contributed by atoms with van der Waals surface area (Å²) in [6, 6.07) is 0. The maximum absolute atomic E-state index is 5.12. The fourth-order valence-electron chi connectivity index (χ4n) is 1.56. The molecule has 5 nitrogen and oxygen atoms in total. The molecule has 0 fully saturated rings. The summed E-state index contributed by atoms with van der Waals surface area (Å²) in [6.07, 6.45) is 3.77. The predicted molar refractivity (Wildman–Crippen MR) is 63.6 cm³/mol. The molecule has 16 heavy (non-hydrogen) atoms. The number of rotatable bonds is 8. The van der Waals surface area contributed by atoms with Crippen LogP contribution in [0, 0.1) is 5.92 Å². The van der Waals surface area contributed by atoms with Crippen LogP contribution < -0.4 is 5.32 Å². The number of nitrogens with zero attached hydrogens (tertiary/aromatic N) is 2. The molecule has 0 aliphatic rings. The molecule has 92 valence electrons. The fourth-order valence-corrected chi connectivity index (χ4v) is 1.56. The molecule has 1 aromatic rings. The molecule has 0 aliphatic heterocycles. The molecule has 0 saturated heterocycles. The quantitative estimate of drug-likeness (QED) is 0.678. The van der Waals surface area contributed by atoms with Gasteiger partial charge in [-0.05, 0) is 5.92 Å². The van der Waals surface area contributed by atoms with E-state index in [0.717, 1.165) is 25.6 Å². The molecule has 1 N–H and O–H groups in total. The Morgan fingerprint density at radius 3 is 2.94 bits per heavy atom. The Kier molecular flexibility index (Phi) is 5.88. The number of methoxy groups -OCH3 is 2. The first-order chi connectivity index (χ1) is 7.77. The minimum Gasteiger partial charge on any atom is -0.384 e. The molecule has 0 aromatic carbocycles. The van der Waals surface area contributed by atoms with E-state index in [-0.39, 0.29) is 0 Å². The Hall–Kier alpha value is -1.07. The largest absolute Gasteiger partial charge is 0.384 e. The van der Waals surface area contributed by atoms with Crippen molar-refractivity contribution in [2.45, 2.75) is 13.5 Å². The zero-order chi connectivity index (χ0) is 11.8. The second-order valence-corrected chi connectivity index (χ2v) is 3.88. The van der Waals surface area contributed by atoms with Crippen molar-refractivity contribution in [3.05, 3.63) is 12.4 Å². The first kappa shape index (κ1) is 13.0. The summed E-state index contributed by atoms with van der Waals surface area (Å²) in [5.74, 6) is 1.36. The Labute approximate surface area is 96.8 Å². The summed E-state index contributed by atoms with van der Waals surface area (Å²) in [4.78, 5) is 4.26. The first-order valence-corrected chi connectivity index (χ1v) is 5.50. The van der Waals surface area contributed by atoms with Crippen LogP contribution in [0.3, 0.4) is 0 Å². The molecule has 1 unspecified atom stereocenters. The van der Waals surface area contributed by atoms with Gasteiger partial charge in [-0.15, -0.1) is 0 Å². The van der Waals surface area contributed by atoms with E-state index in [4.69, 9.17) is 9.47 Å². The zero-order valence-electron chi connectivity index (χ0n) is 10.3. The molecular weight excluding hydrogens is 206 g/mol. The van der Waals surface area contributed by atoms with Gasteiger partial charge in [0.1, 0.15) is 0 Å². The third-order valence-electron chi connectivity index (χ3n) is 2.26. The van der Waals surface area contributed by atoms with Gasteiger partial charge in [0.25, 0.3) is 0 Å². The molecule has 5 heteroatoms. The molecule has 0 amide bonds. The maximum Gasteiger partial charge on any atom is 0.202 e. The lowest BCUT2D eigenvalue weighted by Crippen LogP contribution is -2.16. The highest BCUT2D eigenvalue weighted by Crippen LogP contribution is 2.08. The number of hydrogen-bond donors (Lipinski definition) is 1. The SMILES string of the molecule is COCCNc1nccn1CC(C)COC. The lowest BCUT2D eigenvalue weighted by molar-refractivity contribution is 0.151. The third kappa shape index (κ3) is 4.20. The molecule has 0 bridgehead atoms. The Morgan fingerprint density at radius 2 is 2.25 bits per heavy atom. The standard InChI is InChI=1S/C11H21N3O2/c1-10(9-16-3)8-14-6-4-12-11(14)13-5-7-15-2/h4,6,10H,5,7-9H2,1-3H3,(H,12,13). The fraction of sp³-hybridized carbons (Fsp3) is 0.727. The normalized spacial score (nSPS) is 12.7. The summed E-state index contributed by atoms with van der Waals surface area (Å²) in [5, 5.41) is 3.23. The van der Waals surface area contributed by atoms with Crippen LogP contribution in [0.15, 0.2) is 12.4 Å². The van der Waals surface area contributed by atoms with Crippen molar-refractivity contribution < 1.29 is 9.47 Å². The van der Waals surface area contributed by atoms with Gasteiger partial charge in [-0.1, -0.05) is 6.92 Å². The van der Waals surface area contributed by atoms with Crippen LogP contribution in [0.25, 0.3) is 0 Å². The highest BCUT2D eigenvalue weighted by molar-refractivity contribution is 5.25. The molecule has 0 saturated carbocycles. The molecular formula is C11H21N3O2. The van der Waals surface area contributed by atoms with Crippen molar-refractivity contribution >= 4 is 5.95 Å². The highest BCUT2D eigenvalue weighted by atomic mass is 16.5. The zero-order valence-corrected chi connectivity index (χ0v) is 10.3. The van der Waals surface area contributed by atoms with Crippen LogP contribution in [-0.4, -0.2) is 43.5 Å². The van der Waals surface area contributed by atoms with E-state index in [2.05, 4.69) is 21.8 Å². The van der Waals surface area contributed by atoms with Crippen LogP contribution in [0.4, 0.5) is 5.95 Å². The molecule has 1 heterocycles. The van der Waals surface area contributed by atoms with Gasteiger partial charge in [0, 0.05) is 39.7 Å². The molecule has 0 aliphatic carbocycles. The van der Waals surface area contributed by atoms with Crippen molar-refractivity contribution in [3.8, 4) is 0 Å². The Balaban J connectivity index is 2.43.